The Kier molecular flexibility index (Phi) is 7.43. The molecule has 3 aliphatic rings. The zero-order valence-electron chi connectivity index (χ0n) is 20.8. The molecule has 0 aliphatic heterocycles. The highest BCUT2D eigenvalue weighted by atomic mass is 16.3. The summed E-state index contributed by atoms with van der Waals surface area (Å²) in [6, 6.07) is 0. The molecule has 0 heterocycles. The Hall–Kier alpha value is -1.12. The largest absolute Gasteiger partial charge is 0.388 e. The van der Waals surface area contributed by atoms with Crippen molar-refractivity contribution in [3.63, 3.8) is 0 Å². The van der Waals surface area contributed by atoms with E-state index in [-0.39, 0.29) is 0 Å². The Bertz CT molecular complexity index is 733. The highest BCUT2D eigenvalue weighted by Crippen LogP contribution is 2.59. The van der Waals surface area contributed by atoms with Crippen molar-refractivity contribution in [1.29, 1.82) is 0 Å². The summed E-state index contributed by atoms with van der Waals surface area (Å²) < 4.78 is 0. The molecule has 1 unspecified atom stereocenters. The molecule has 0 aromatic heterocycles. The van der Waals surface area contributed by atoms with Gasteiger partial charge in [0.15, 0.2) is 0 Å². The minimum absolute atomic E-state index is 0.319. The van der Waals surface area contributed by atoms with Gasteiger partial charge in [-0.25, -0.2) is 0 Å². The van der Waals surface area contributed by atoms with Crippen molar-refractivity contribution in [1.82, 2.24) is 0 Å². The third kappa shape index (κ3) is 5.28. The molecule has 2 N–H and O–H groups in total. The number of rotatable bonds is 4. The van der Waals surface area contributed by atoms with E-state index >= 15 is 0 Å². The van der Waals surface area contributed by atoms with Crippen LogP contribution in [0.25, 0.3) is 0 Å². The van der Waals surface area contributed by atoms with Gasteiger partial charge < -0.3 is 10.2 Å². The first kappa shape index (κ1) is 24.5. The first-order valence-electron chi connectivity index (χ1n) is 12.5. The highest BCUT2D eigenvalue weighted by molar-refractivity contribution is 5.29. The zero-order chi connectivity index (χ0) is 23.0. The highest BCUT2D eigenvalue weighted by Gasteiger charge is 2.50. The van der Waals surface area contributed by atoms with E-state index in [9.17, 15) is 10.2 Å². The quantitative estimate of drug-likeness (QED) is 0.475. The van der Waals surface area contributed by atoms with E-state index in [1.54, 1.807) is 5.57 Å². The number of allylic oxidation sites excluding steroid dienone is 5. The first-order chi connectivity index (χ1) is 14.4. The van der Waals surface area contributed by atoms with Gasteiger partial charge in [0, 0.05) is 0 Å². The average molecular weight is 427 g/mol. The van der Waals surface area contributed by atoms with Gasteiger partial charge in [0.1, 0.15) is 0 Å². The van der Waals surface area contributed by atoms with Crippen LogP contribution in [-0.4, -0.2) is 22.4 Å². The summed E-state index contributed by atoms with van der Waals surface area (Å²) in [7, 11) is 0. The maximum atomic E-state index is 10.2. The van der Waals surface area contributed by atoms with Gasteiger partial charge in [0.05, 0.1) is 12.2 Å². The van der Waals surface area contributed by atoms with Crippen LogP contribution >= 0.6 is 0 Å². The normalized spacial score (nSPS) is 37.9. The predicted octanol–water partition coefficient (Wildman–Crippen LogP) is 7.00. The number of aliphatic hydroxyl groups is 2. The van der Waals surface area contributed by atoms with Crippen LogP contribution in [0.15, 0.2) is 47.6 Å². The minimum Gasteiger partial charge on any atom is -0.388 e. The van der Waals surface area contributed by atoms with Gasteiger partial charge >= 0.3 is 0 Å². The summed E-state index contributed by atoms with van der Waals surface area (Å²) in [5, 5.41) is 20.3. The number of hydrogen-bond acceptors (Lipinski definition) is 2. The van der Waals surface area contributed by atoms with E-state index in [1.807, 2.05) is 0 Å². The predicted molar refractivity (Wildman–Crippen MR) is 132 cm³/mol. The first-order valence-corrected chi connectivity index (χ1v) is 12.5. The summed E-state index contributed by atoms with van der Waals surface area (Å²) in [6.45, 7) is 18.1. The van der Waals surface area contributed by atoms with Crippen LogP contribution < -0.4 is 0 Å². The molecular weight excluding hydrogens is 380 g/mol. The molecule has 3 saturated carbocycles. The fraction of sp³-hybridized carbons (Fsp3) is 0.724. The number of aliphatic hydroxyl groups excluding tert-OH is 2. The number of hydrogen-bond donors (Lipinski definition) is 2. The molecule has 0 aromatic carbocycles. The van der Waals surface area contributed by atoms with E-state index in [0.29, 0.717) is 47.0 Å². The van der Waals surface area contributed by atoms with Crippen LogP contribution in [0, 0.1) is 34.5 Å². The number of fused-ring (bicyclic) bond motifs is 1. The van der Waals surface area contributed by atoms with Crippen LogP contribution in [-0.2, 0) is 0 Å². The van der Waals surface area contributed by atoms with Gasteiger partial charge in [-0.2, -0.15) is 0 Å². The minimum atomic E-state index is -0.607. The lowest BCUT2D eigenvalue weighted by Crippen LogP contribution is -2.35. The van der Waals surface area contributed by atoms with E-state index in [2.05, 4.69) is 72.4 Å². The smallest absolute Gasteiger partial charge is 0.0809 e. The molecule has 0 amide bonds. The van der Waals surface area contributed by atoms with Crippen molar-refractivity contribution in [3.05, 3.63) is 47.6 Å². The Morgan fingerprint density at radius 2 is 1.68 bits per heavy atom. The monoisotopic (exact) mass is 426 g/mol. The molecule has 0 spiro atoms. The molecule has 174 valence electrons. The Morgan fingerprint density at radius 1 is 1.03 bits per heavy atom. The maximum Gasteiger partial charge on any atom is 0.0809 e. The van der Waals surface area contributed by atoms with Crippen LogP contribution in [0.1, 0.15) is 86.5 Å². The molecule has 31 heavy (non-hydrogen) atoms. The molecular formula is C29H46O2. The van der Waals surface area contributed by atoms with E-state index in [0.717, 1.165) is 11.5 Å². The second-order valence-electron chi connectivity index (χ2n) is 12.1. The summed E-state index contributed by atoms with van der Waals surface area (Å²) in [6.07, 6.45) is 15.9. The molecule has 0 saturated heterocycles. The molecule has 0 radical (unpaired) electrons. The third-order valence-corrected chi connectivity index (χ3v) is 9.04. The molecule has 3 rings (SSSR count). The van der Waals surface area contributed by atoms with Gasteiger partial charge in [0.25, 0.3) is 0 Å². The van der Waals surface area contributed by atoms with E-state index in [4.69, 9.17) is 0 Å². The van der Waals surface area contributed by atoms with Crippen molar-refractivity contribution in [3.8, 4) is 0 Å². The standard InChI is InChI=1S/C29H46O2/c1-19(10-11-20(2)28(4,5)6)24-14-15-25-23(9-8-16-29(24,25)7)13-12-22-17-26(30)21(3)27(31)18-22/h10-13,19-20,24-27,30-31H,3,8-9,14-18H2,1-2,4-7H3/b11-10+,23-13+/t19-,20+,24?,25-,26+,27+,29+/m0/s1. The second-order valence-corrected chi connectivity index (χ2v) is 12.1. The van der Waals surface area contributed by atoms with Crippen LogP contribution in [0.3, 0.4) is 0 Å². The van der Waals surface area contributed by atoms with Crippen molar-refractivity contribution < 1.29 is 10.2 Å². The molecule has 7 atom stereocenters. The molecule has 3 aliphatic carbocycles. The lowest BCUT2D eigenvalue weighted by Gasteiger charge is -2.44. The van der Waals surface area contributed by atoms with E-state index < -0.39 is 12.2 Å². The lowest BCUT2D eigenvalue weighted by atomic mass is 9.61. The fourth-order valence-corrected chi connectivity index (χ4v) is 6.33. The molecule has 0 bridgehead atoms. The summed E-state index contributed by atoms with van der Waals surface area (Å²) in [4.78, 5) is 0. The SMILES string of the molecule is C=C1[C@H](O)CC(=C/C=C2\CCC[C@]3(C)C([C@@H](C)/C=C/[C@@H](C)C(C)(C)C)CC[C@@H]23)C[C@H]1O. The zero-order valence-corrected chi connectivity index (χ0v) is 20.8. The van der Waals surface area contributed by atoms with Crippen LogP contribution in [0.5, 0.6) is 0 Å². The lowest BCUT2D eigenvalue weighted by molar-refractivity contribution is 0.112. The average Bonchev–Trinajstić information content (AvgIpc) is 3.05. The summed E-state index contributed by atoms with van der Waals surface area (Å²) in [5.74, 6) is 2.63. The molecule has 0 aromatic rings. The van der Waals surface area contributed by atoms with Gasteiger partial charge in [0.2, 0.25) is 0 Å². The van der Waals surface area contributed by atoms with Crippen molar-refractivity contribution >= 4 is 0 Å². The van der Waals surface area contributed by atoms with Crippen LogP contribution in [0.2, 0.25) is 0 Å². The molecule has 2 heteroatoms. The van der Waals surface area contributed by atoms with Gasteiger partial charge in [-0.3, -0.25) is 0 Å². The van der Waals surface area contributed by atoms with Crippen molar-refractivity contribution in [2.24, 2.45) is 34.5 Å². The summed E-state index contributed by atoms with van der Waals surface area (Å²) >= 11 is 0. The van der Waals surface area contributed by atoms with Gasteiger partial charge in [-0.05, 0) is 85.0 Å². The summed E-state index contributed by atoms with van der Waals surface area (Å²) in [5.41, 5.74) is 4.01. The molecule has 3 fully saturated rings. The second kappa shape index (κ2) is 9.40. The van der Waals surface area contributed by atoms with Crippen LogP contribution in [0.4, 0.5) is 0 Å². The Labute approximate surface area is 191 Å². The Balaban J connectivity index is 1.73. The molecule has 2 nitrogen and oxygen atoms in total. The Morgan fingerprint density at radius 3 is 2.29 bits per heavy atom. The van der Waals surface area contributed by atoms with Gasteiger partial charge in [-0.1, -0.05) is 83.6 Å². The topological polar surface area (TPSA) is 40.5 Å². The van der Waals surface area contributed by atoms with E-state index in [1.165, 1.54) is 32.1 Å². The van der Waals surface area contributed by atoms with Crippen molar-refractivity contribution in [2.45, 2.75) is 98.7 Å². The maximum absolute atomic E-state index is 10.2. The fourth-order valence-electron chi connectivity index (χ4n) is 6.33. The van der Waals surface area contributed by atoms with Crippen molar-refractivity contribution in [2.75, 3.05) is 0 Å². The third-order valence-electron chi connectivity index (χ3n) is 9.04. The van der Waals surface area contributed by atoms with Gasteiger partial charge in [-0.15, -0.1) is 0 Å².